The molecule has 1 aromatic heterocycles. The van der Waals surface area contributed by atoms with E-state index in [2.05, 4.69) is 15.5 Å². The highest BCUT2D eigenvalue weighted by Crippen LogP contribution is 2.26. The summed E-state index contributed by atoms with van der Waals surface area (Å²) in [5.41, 5.74) is 1.01. The zero-order chi connectivity index (χ0) is 20.1. The zero-order valence-corrected chi connectivity index (χ0v) is 16.4. The minimum absolute atomic E-state index is 0.0290. The summed E-state index contributed by atoms with van der Waals surface area (Å²) in [4.78, 5) is 16.5. The van der Waals surface area contributed by atoms with Gasteiger partial charge in [-0.3, -0.25) is 9.10 Å². The number of carbonyl (C=O) groups excluding carboxylic acids is 1. The monoisotopic (exact) mass is 420 g/mol. The molecule has 0 unspecified atom stereocenters. The number of nitrogens with zero attached hydrogens (tertiary/aromatic N) is 3. The van der Waals surface area contributed by atoms with E-state index in [-0.39, 0.29) is 23.1 Å². The maximum atomic E-state index is 12.3. The normalized spacial score (nSPS) is 11.2. The Kier molecular flexibility index (Phi) is 5.96. The molecule has 0 saturated carbocycles. The maximum absolute atomic E-state index is 12.3. The number of para-hydroxylation sites is 1. The predicted molar refractivity (Wildman–Crippen MR) is 105 cm³/mol. The summed E-state index contributed by atoms with van der Waals surface area (Å²) in [6.45, 7) is -0.457. The molecule has 146 valence electrons. The Balaban J connectivity index is 1.66. The first kappa shape index (κ1) is 19.8. The minimum atomic E-state index is -3.71. The number of aromatic nitrogens is 2. The van der Waals surface area contributed by atoms with E-state index >= 15 is 0 Å². The van der Waals surface area contributed by atoms with Crippen LogP contribution in [0.3, 0.4) is 0 Å². The minimum Gasteiger partial charge on any atom is -0.345 e. The van der Waals surface area contributed by atoms with Crippen LogP contribution >= 0.6 is 11.6 Å². The summed E-state index contributed by atoms with van der Waals surface area (Å²) >= 11 is 6.07. The summed E-state index contributed by atoms with van der Waals surface area (Å²) in [6, 6.07) is 15.6. The van der Waals surface area contributed by atoms with E-state index in [0.29, 0.717) is 5.82 Å². The molecule has 0 spiro atoms. The molecule has 28 heavy (non-hydrogen) atoms. The lowest BCUT2D eigenvalue weighted by atomic mass is 10.2. The Bertz CT molecular complexity index is 1070. The fourth-order valence-electron chi connectivity index (χ4n) is 2.43. The van der Waals surface area contributed by atoms with Crippen LogP contribution in [0.2, 0.25) is 5.02 Å². The molecule has 1 N–H and O–H groups in total. The Labute approximate surface area is 167 Å². The van der Waals surface area contributed by atoms with Gasteiger partial charge in [0.2, 0.25) is 27.6 Å². The fourth-order valence-corrected chi connectivity index (χ4v) is 3.58. The van der Waals surface area contributed by atoms with Crippen molar-refractivity contribution in [2.45, 2.75) is 6.54 Å². The van der Waals surface area contributed by atoms with E-state index in [1.165, 1.54) is 6.07 Å². The van der Waals surface area contributed by atoms with E-state index < -0.39 is 22.5 Å². The molecule has 0 aliphatic rings. The van der Waals surface area contributed by atoms with Crippen molar-refractivity contribution in [3.05, 3.63) is 65.5 Å². The van der Waals surface area contributed by atoms with Gasteiger partial charge in [0.25, 0.3) is 0 Å². The summed E-state index contributed by atoms with van der Waals surface area (Å²) in [5, 5.41) is 6.66. The molecular weight excluding hydrogens is 404 g/mol. The first-order chi connectivity index (χ1) is 13.3. The van der Waals surface area contributed by atoms with Crippen LogP contribution in [0, 0.1) is 0 Å². The second kappa shape index (κ2) is 8.41. The SMILES string of the molecule is CS(=O)(=O)N(CC(=O)NCc1nc(-c2ccccc2)no1)c1ccccc1Cl. The second-order valence-corrected chi connectivity index (χ2v) is 8.19. The molecule has 1 amide bonds. The Morgan fingerprint density at radius 3 is 2.50 bits per heavy atom. The van der Waals surface area contributed by atoms with Crippen LogP contribution in [0.15, 0.2) is 59.1 Å². The number of amides is 1. The number of hydrogen-bond donors (Lipinski definition) is 1. The van der Waals surface area contributed by atoms with E-state index in [9.17, 15) is 13.2 Å². The molecule has 10 heteroatoms. The lowest BCUT2D eigenvalue weighted by molar-refractivity contribution is -0.119. The zero-order valence-electron chi connectivity index (χ0n) is 14.9. The highest BCUT2D eigenvalue weighted by molar-refractivity contribution is 7.92. The van der Waals surface area contributed by atoms with Crippen molar-refractivity contribution in [1.29, 1.82) is 0 Å². The Hall–Kier alpha value is -2.91. The Morgan fingerprint density at radius 2 is 1.82 bits per heavy atom. The van der Waals surface area contributed by atoms with Crippen molar-refractivity contribution in [2.75, 3.05) is 17.1 Å². The second-order valence-electron chi connectivity index (χ2n) is 5.88. The van der Waals surface area contributed by atoms with Crippen LogP contribution in [0.1, 0.15) is 5.89 Å². The number of anilines is 1. The number of nitrogens with one attached hydrogen (secondary N) is 1. The Morgan fingerprint density at radius 1 is 1.14 bits per heavy atom. The molecule has 3 aromatic rings. The standard InChI is InChI=1S/C18H17ClN4O4S/c1-28(25,26)23(15-10-6-5-9-14(15)19)12-16(24)20-11-17-21-18(22-27-17)13-7-3-2-4-8-13/h2-10H,11-12H2,1H3,(H,20,24). The van der Waals surface area contributed by atoms with Crippen molar-refractivity contribution < 1.29 is 17.7 Å². The first-order valence-corrected chi connectivity index (χ1v) is 10.4. The van der Waals surface area contributed by atoms with Gasteiger partial charge in [0.1, 0.15) is 6.54 Å². The van der Waals surface area contributed by atoms with Gasteiger partial charge in [-0.15, -0.1) is 0 Å². The van der Waals surface area contributed by atoms with Gasteiger partial charge < -0.3 is 9.84 Å². The number of sulfonamides is 1. The van der Waals surface area contributed by atoms with Crippen LogP contribution in [-0.4, -0.2) is 37.3 Å². The van der Waals surface area contributed by atoms with Crippen molar-refractivity contribution in [3.63, 3.8) is 0 Å². The van der Waals surface area contributed by atoms with Gasteiger partial charge in [-0.1, -0.05) is 59.2 Å². The third-order valence-corrected chi connectivity index (χ3v) is 5.19. The van der Waals surface area contributed by atoms with Gasteiger partial charge in [0.15, 0.2) is 0 Å². The van der Waals surface area contributed by atoms with Gasteiger partial charge in [-0.05, 0) is 12.1 Å². The molecule has 0 atom stereocenters. The third kappa shape index (κ3) is 4.87. The summed E-state index contributed by atoms with van der Waals surface area (Å²) in [6.07, 6.45) is 1.01. The quantitative estimate of drug-likeness (QED) is 0.629. The van der Waals surface area contributed by atoms with E-state index in [0.717, 1.165) is 16.1 Å². The van der Waals surface area contributed by atoms with Gasteiger partial charge in [0, 0.05) is 5.56 Å². The van der Waals surface area contributed by atoms with Crippen LogP contribution in [0.25, 0.3) is 11.4 Å². The molecular formula is C18H17ClN4O4S. The molecule has 3 rings (SSSR count). The van der Waals surface area contributed by atoms with Crippen LogP contribution in [-0.2, 0) is 21.4 Å². The largest absolute Gasteiger partial charge is 0.345 e. The van der Waals surface area contributed by atoms with Crippen molar-refractivity contribution in [2.24, 2.45) is 0 Å². The highest BCUT2D eigenvalue weighted by Gasteiger charge is 2.23. The number of benzene rings is 2. The summed E-state index contributed by atoms with van der Waals surface area (Å²) < 4.78 is 30.3. The number of hydrogen-bond acceptors (Lipinski definition) is 6. The molecule has 0 aliphatic heterocycles. The maximum Gasteiger partial charge on any atom is 0.246 e. The lowest BCUT2D eigenvalue weighted by Crippen LogP contribution is -2.40. The number of halogens is 1. The molecule has 2 aromatic carbocycles. The lowest BCUT2D eigenvalue weighted by Gasteiger charge is -2.22. The van der Waals surface area contributed by atoms with Crippen LogP contribution < -0.4 is 9.62 Å². The van der Waals surface area contributed by atoms with Crippen LogP contribution in [0.5, 0.6) is 0 Å². The highest BCUT2D eigenvalue weighted by atomic mass is 35.5. The first-order valence-electron chi connectivity index (χ1n) is 8.21. The van der Waals surface area contributed by atoms with Crippen LogP contribution in [0.4, 0.5) is 5.69 Å². The smallest absolute Gasteiger partial charge is 0.246 e. The van der Waals surface area contributed by atoms with E-state index in [1.54, 1.807) is 18.2 Å². The molecule has 8 nitrogen and oxygen atoms in total. The third-order valence-electron chi connectivity index (χ3n) is 3.75. The topological polar surface area (TPSA) is 105 Å². The average molecular weight is 421 g/mol. The molecule has 1 heterocycles. The van der Waals surface area contributed by atoms with E-state index in [4.69, 9.17) is 16.1 Å². The molecule has 0 fully saturated rings. The van der Waals surface area contributed by atoms with Crippen molar-refractivity contribution in [3.8, 4) is 11.4 Å². The van der Waals surface area contributed by atoms with Gasteiger partial charge >= 0.3 is 0 Å². The summed E-state index contributed by atoms with van der Waals surface area (Å²) in [7, 11) is -3.71. The molecule has 0 radical (unpaired) electrons. The van der Waals surface area contributed by atoms with Gasteiger partial charge in [-0.25, -0.2) is 8.42 Å². The molecule has 0 bridgehead atoms. The number of carbonyl (C=O) groups is 1. The van der Waals surface area contributed by atoms with Gasteiger partial charge in [0.05, 0.1) is 23.5 Å². The predicted octanol–water partition coefficient (Wildman–Crippen LogP) is 2.47. The van der Waals surface area contributed by atoms with Crippen molar-refractivity contribution in [1.82, 2.24) is 15.5 Å². The molecule has 0 aliphatic carbocycles. The van der Waals surface area contributed by atoms with E-state index in [1.807, 2.05) is 30.3 Å². The van der Waals surface area contributed by atoms with Gasteiger partial charge in [-0.2, -0.15) is 4.98 Å². The number of rotatable bonds is 7. The fraction of sp³-hybridized carbons (Fsp3) is 0.167. The van der Waals surface area contributed by atoms with Crippen molar-refractivity contribution >= 4 is 33.2 Å². The average Bonchev–Trinajstić information content (AvgIpc) is 3.14. The summed E-state index contributed by atoms with van der Waals surface area (Å²) in [5.74, 6) is 0.0688. The molecule has 0 saturated heterocycles.